The summed E-state index contributed by atoms with van der Waals surface area (Å²) < 4.78 is 13.1. The maximum Gasteiger partial charge on any atom is 0.276 e. The number of anilines is 1. The van der Waals surface area contributed by atoms with E-state index in [1.165, 1.54) is 24.3 Å². The van der Waals surface area contributed by atoms with E-state index < -0.39 is 17.3 Å². The fourth-order valence-corrected chi connectivity index (χ4v) is 1.36. The molecule has 0 saturated heterocycles. The molecule has 0 bridgehead atoms. The van der Waals surface area contributed by atoms with Crippen molar-refractivity contribution in [1.82, 2.24) is 10.2 Å². The Bertz CT molecular complexity index is 636. The van der Waals surface area contributed by atoms with Gasteiger partial charge in [0.05, 0.1) is 5.02 Å². The van der Waals surface area contributed by atoms with Gasteiger partial charge in [-0.15, -0.1) is 0 Å². The predicted octanol–water partition coefficient (Wildman–Crippen LogP) is 1.81. The van der Waals surface area contributed by atoms with Crippen molar-refractivity contribution in [2.24, 2.45) is 0 Å². The third-order valence-corrected chi connectivity index (χ3v) is 2.40. The van der Waals surface area contributed by atoms with Gasteiger partial charge >= 0.3 is 0 Å². The molecule has 0 radical (unpaired) electrons. The summed E-state index contributed by atoms with van der Waals surface area (Å²) in [4.78, 5) is 22.4. The molecule has 0 unspecified atom stereocenters. The van der Waals surface area contributed by atoms with Crippen LogP contribution in [0.4, 0.5) is 10.1 Å². The zero-order valence-electron chi connectivity index (χ0n) is 8.91. The van der Waals surface area contributed by atoms with Crippen LogP contribution < -0.4 is 10.9 Å². The number of H-pyrrole nitrogens is 1. The molecule has 2 rings (SSSR count). The quantitative estimate of drug-likeness (QED) is 0.871. The first-order chi connectivity index (χ1) is 8.56. The van der Waals surface area contributed by atoms with Crippen LogP contribution in [-0.2, 0) is 0 Å². The zero-order valence-corrected chi connectivity index (χ0v) is 9.66. The molecule has 5 nitrogen and oxygen atoms in total. The number of aromatic nitrogens is 2. The molecule has 1 amide bonds. The van der Waals surface area contributed by atoms with E-state index >= 15 is 0 Å². The molecule has 2 N–H and O–H groups in total. The van der Waals surface area contributed by atoms with E-state index in [-0.39, 0.29) is 16.4 Å². The molecule has 92 valence electrons. The molecule has 0 aliphatic rings. The number of nitrogens with zero attached hydrogens (tertiary/aromatic N) is 1. The third kappa shape index (κ3) is 2.72. The van der Waals surface area contributed by atoms with Crippen LogP contribution in [0.1, 0.15) is 10.5 Å². The van der Waals surface area contributed by atoms with Gasteiger partial charge in [-0.25, -0.2) is 9.49 Å². The van der Waals surface area contributed by atoms with Gasteiger partial charge in [-0.3, -0.25) is 9.59 Å². The number of nitrogens with one attached hydrogen (secondary N) is 2. The Balaban J connectivity index is 2.18. The van der Waals surface area contributed by atoms with Gasteiger partial charge in [0, 0.05) is 11.8 Å². The highest BCUT2D eigenvalue weighted by Crippen LogP contribution is 2.18. The molecule has 0 aliphatic heterocycles. The maximum atomic E-state index is 13.1. The van der Waals surface area contributed by atoms with Crippen LogP contribution in [0.25, 0.3) is 0 Å². The fourth-order valence-electron chi connectivity index (χ4n) is 1.24. The Morgan fingerprint density at radius 2 is 2.11 bits per heavy atom. The molecule has 2 aromatic rings. The average molecular weight is 268 g/mol. The molecule has 0 atom stereocenters. The fraction of sp³-hybridized carbons (Fsp3) is 0. The summed E-state index contributed by atoms with van der Waals surface area (Å²) in [5.41, 5.74) is -0.149. The van der Waals surface area contributed by atoms with Crippen molar-refractivity contribution in [2.45, 2.75) is 0 Å². The van der Waals surface area contributed by atoms with Gasteiger partial charge in [0.25, 0.3) is 11.5 Å². The number of hydrogen-bond acceptors (Lipinski definition) is 3. The first-order valence-corrected chi connectivity index (χ1v) is 5.26. The highest BCUT2D eigenvalue weighted by Gasteiger charge is 2.09. The molecule has 7 heteroatoms. The van der Waals surface area contributed by atoms with Gasteiger partial charge in [0.1, 0.15) is 11.5 Å². The summed E-state index contributed by atoms with van der Waals surface area (Å²) in [5.74, 6) is -1.20. The maximum absolute atomic E-state index is 13.1. The van der Waals surface area contributed by atoms with E-state index in [0.717, 1.165) is 6.07 Å². The minimum absolute atomic E-state index is 0.0185. The van der Waals surface area contributed by atoms with Gasteiger partial charge in [-0.05, 0) is 24.3 Å². The highest BCUT2D eigenvalue weighted by molar-refractivity contribution is 6.30. The Morgan fingerprint density at radius 3 is 2.72 bits per heavy atom. The van der Waals surface area contributed by atoms with Gasteiger partial charge in [0.2, 0.25) is 0 Å². The minimum atomic E-state index is -0.635. The molecular weight excluding hydrogens is 261 g/mol. The van der Waals surface area contributed by atoms with E-state index in [0.29, 0.717) is 0 Å². The van der Waals surface area contributed by atoms with Crippen molar-refractivity contribution < 1.29 is 9.18 Å². The van der Waals surface area contributed by atoms with E-state index in [2.05, 4.69) is 15.5 Å². The van der Waals surface area contributed by atoms with Gasteiger partial charge in [0.15, 0.2) is 0 Å². The Morgan fingerprint density at radius 1 is 1.33 bits per heavy atom. The van der Waals surface area contributed by atoms with Crippen LogP contribution in [0.5, 0.6) is 0 Å². The first-order valence-electron chi connectivity index (χ1n) is 4.88. The third-order valence-electron chi connectivity index (χ3n) is 2.09. The minimum Gasteiger partial charge on any atom is -0.320 e. The normalized spacial score (nSPS) is 10.1. The molecular formula is C11H7ClFN3O2. The average Bonchev–Trinajstić information content (AvgIpc) is 2.34. The lowest BCUT2D eigenvalue weighted by Crippen LogP contribution is -2.17. The lowest BCUT2D eigenvalue weighted by Gasteiger charge is -2.04. The standard InChI is InChI=1S/C11H7ClFN3O2/c12-7-2-1-6(5-8(7)13)14-11(18)9-3-4-10(17)16-15-9/h1-5H,(H,14,18)(H,16,17). The Hall–Kier alpha value is -2.21. The van der Waals surface area contributed by atoms with E-state index in [1.807, 2.05) is 0 Å². The van der Waals surface area contributed by atoms with Crippen molar-refractivity contribution in [2.75, 3.05) is 5.32 Å². The van der Waals surface area contributed by atoms with Crippen molar-refractivity contribution in [3.8, 4) is 0 Å². The number of aromatic amines is 1. The van der Waals surface area contributed by atoms with Crippen molar-refractivity contribution in [1.29, 1.82) is 0 Å². The predicted molar refractivity (Wildman–Crippen MR) is 64.2 cm³/mol. The largest absolute Gasteiger partial charge is 0.320 e. The SMILES string of the molecule is O=C(Nc1ccc(Cl)c(F)c1)c1ccc(=O)[nH]n1. The monoisotopic (exact) mass is 267 g/mol. The molecule has 1 aromatic carbocycles. The number of hydrogen-bond donors (Lipinski definition) is 2. The summed E-state index contributed by atoms with van der Waals surface area (Å²) in [5, 5.41) is 8.06. The lowest BCUT2D eigenvalue weighted by atomic mass is 10.3. The van der Waals surface area contributed by atoms with Crippen LogP contribution in [0.15, 0.2) is 35.1 Å². The number of carbonyl (C=O) groups is 1. The first kappa shape index (κ1) is 12.3. The highest BCUT2D eigenvalue weighted by atomic mass is 35.5. The molecule has 1 aromatic heterocycles. The summed E-state index contributed by atoms with van der Waals surface area (Å²) in [7, 11) is 0. The second kappa shape index (κ2) is 4.97. The number of halogens is 2. The van der Waals surface area contributed by atoms with Crippen LogP contribution in [0, 0.1) is 5.82 Å². The number of carbonyl (C=O) groups excluding carboxylic acids is 1. The second-order valence-corrected chi connectivity index (χ2v) is 3.80. The molecule has 18 heavy (non-hydrogen) atoms. The Labute approximate surface area is 106 Å². The smallest absolute Gasteiger partial charge is 0.276 e. The molecule has 0 spiro atoms. The summed E-state index contributed by atoms with van der Waals surface area (Å²) in [6.07, 6.45) is 0. The molecule has 0 fully saturated rings. The second-order valence-electron chi connectivity index (χ2n) is 3.39. The van der Waals surface area contributed by atoms with Gasteiger partial charge < -0.3 is 5.32 Å². The van der Waals surface area contributed by atoms with Gasteiger partial charge in [-0.1, -0.05) is 11.6 Å². The topological polar surface area (TPSA) is 74.8 Å². The van der Waals surface area contributed by atoms with Crippen LogP contribution in [-0.4, -0.2) is 16.1 Å². The molecule has 0 saturated carbocycles. The summed E-state index contributed by atoms with van der Waals surface area (Å²) >= 11 is 5.51. The molecule has 0 aliphatic carbocycles. The van der Waals surface area contributed by atoms with Crippen molar-refractivity contribution >= 4 is 23.2 Å². The number of rotatable bonds is 2. The van der Waals surface area contributed by atoms with E-state index in [9.17, 15) is 14.0 Å². The van der Waals surface area contributed by atoms with Crippen LogP contribution >= 0.6 is 11.6 Å². The number of benzene rings is 1. The van der Waals surface area contributed by atoms with Crippen molar-refractivity contribution in [3.63, 3.8) is 0 Å². The van der Waals surface area contributed by atoms with E-state index in [4.69, 9.17) is 11.6 Å². The zero-order chi connectivity index (χ0) is 13.1. The summed E-state index contributed by atoms with van der Waals surface area (Å²) in [6, 6.07) is 6.30. The summed E-state index contributed by atoms with van der Waals surface area (Å²) in [6.45, 7) is 0. The lowest BCUT2D eigenvalue weighted by molar-refractivity contribution is 0.102. The van der Waals surface area contributed by atoms with E-state index in [1.54, 1.807) is 0 Å². The van der Waals surface area contributed by atoms with Crippen LogP contribution in [0.3, 0.4) is 0 Å². The molecule has 1 heterocycles. The van der Waals surface area contributed by atoms with Gasteiger partial charge in [-0.2, -0.15) is 5.10 Å². The Kier molecular flexibility index (Phi) is 3.38. The van der Waals surface area contributed by atoms with Crippen molar-refractivity contribution in [3.05, 3.63) is 57.2 Å². The van der Waals surface area contributed by atoms with Crippen LogP contribution in [0.2, 0.25) is 5.02 Å². The number of amides is 1.